The zero-order valence-electron chi connectivity index (χ0n) is 15.0. The van der Waals surface area contributed by atoms with Gasteiger partial charge in [-0.2, -0.15) is 5.26 Å². The van der Waals surface area contributed by atoms with Crippen LogP contribution >= 0.6 is 0 Å². The van der Waals surface area contributed by atoms with E-state index in [1.54, 1.807) is 14.0 Å². The van der Waals surface area contributed by atoms with Gasteiger partial charge in [0.15, 0.2) is 0 Å². The molecule has 3 rings (SSSR count). The first kappa shape index (κ1) is 17.0. The van der Waals surface area contributed by atoms with Gasteiger partial charge >= 0.3 is 0 Å². The van der Waals surface area contributed by atoms with Crippen molar-refractivity contribution in [3.8, 4) is 11.8 Å². The van der Waals surface area contributed by atoms with Gasteiger partial charge in [0.1, 0.15) is 11.5 Å². The van der Waals surface area contributed by atoms with Crippen molar-refractivity contribution < 1.29 is 9.53 Å². The lowest BCUT2D eigenvalue weighted by Crippen LogP contribution is -2.46. The number of methoxy groups -OCH3 is 1. The summed E-state index contributed by atoms with van der Waals surface area (Å²) in [6.07, 6.45) is 5.56. The smallest absolute Gasteiger partial charge is 0.135 e. The van der Waals surface area contributed by atoms with Crippen LogP contribution in [0, 0.1) is 28.6 Å². The summed E-state index contributed by atoms with van der Waals surface area (Å²) >= 11 is 0. The number of fused-ring (bicyclic) bond motifs is 3. The molecule has 4 atom stereocenters. The average molecular weight is 325 g/mol. The van der Waals surface area contributed by atoms with Gasteiger partial charge in [0.05, 0.1) is 13.2 Å². The molecule has 0 spiro atoms. The van der Waals surface area contributed by atoms with Crippen LogP contribution in [0.15, 0.2) is 18.2 Å². The van der Waals surface area contributed by atoms with Crippen LogP contribution in [0.4, 0.5) is 0 Å². The molecule has 2 aliphatic rings. The summed E-state index contributed by atoms with van der Waals surface area (Å²) in [5.41, 5.74) is 2.59. The SMILES string of the molecule is COc1ccc2c(c1)CC[C@@H]1[C@@H]2CC[C@](C)(C(C)=O)[C@H]1CCC#N. The van der Waals surface area contributed by atoms with Crippen molar-refractivity contribution in [2.45, 2.75) is 58.3 Å². The highest BCUT2D eigenvalue weighted by Gasteiger charge is 2.50. The third-order valence-electron chi connectivity index (χ3n) is 6.69. The Balaban J connectivity index is 1.95. The summed E-state index contributed by atoms with van der Waals surface area (Å²) in [6, 6.07) is 8.75. The molecule has 0 N–H and O–H groups in total. The summed E-state index contributed by atoms with van der Waals surface area (Å²) in [6.45, 7) is 3.87. The quantitative estimate of drug-likeness (QED) is 0.809. The molecule has 0 unspecified atom stereocenters. The third-order valence-corrected chi connectivity index (χ3v) is 6.69. The Morgan fingerprint density at radius 2 is 2.21 bits per heavy atom. The molecule has 0 aromatic heterocycles. The van der Waals surface area contributed by atoms with E-state index < -0.39 is 0 Å². The van der Waals surface area contributed by atoms with Crippen LogP contribution in [0.5, 0.6) is 5.75 Å². The van der Waals surface area contributed by atoms with Gasteiger partial charge in [0.25, 0.3) is 0 Å². The van der Waals surface area contributed by atoms with Gasteiger partial charge in [0.2, 0.25) is 0 Å². The first-order chi connectivity index (χ1) is 11.5. The molecule has 1 fully saturated rings. The number of ketones is 1. The Morgan fingerprint density at radius 1 is 1.42 bits per heavy atom. The number of nitriles is 1. The first-order valence-corrected chi connectivity index (χ1v) is 9.06. The van der Waals surface area contributed by atoms with Gasteiger partial charge in [0, 0.05) is 11.8 Å². The van der Waals surface area contributed by atoms with Gasteiger partial charge < -0.3 is 4.74 Å². The zero-order valence-corrected chi connectivity index (χ0v) is 15.0. The van der Waals surface area contributed by atoms with E-state index in [2.05, 4.69) is 31.2 Å². The minimum atomic E-state index is -0.262. The maximum Gasteiger partial charge on any atom is 0.135 e. The van der Waals surface area contributed by atoms with E-state index in [1.165, 1.54) is 11.1 Å². The molecule has 1 saturated carbocycles. The summed E-state index contributed by atoms with van der Waals surface area (Å²) in [4.78, 5) is 12.4. The molecule has 0 saturated heterocycles. The maximum absolute atomic E-state index is 12.4. The van der Waals surface area contributed by atoms with E-state index in [-0.39, 0.29) is 5.41 Å². The molecule has 24 heavy (non-hydrogen) atoms. The summed E-state index contributed by atoms with van der Waals surface area (Å²) < 4.78 is 5.37. The maximum atomic E-state index is 12.4. The standard InChI is InChI=1S/C21H27NO2/c1-14(23)21(2)11-10-18-17-9-7-16(24-3)13-15(17)6-8-19(18)20(21)5-4-12-22/h7,9,13,18-20H,4-6,8,10-11H2,1-3H3/t18-,19-,20+,21-/m1/s1. The molecule has 3 nitrogen and oxygen atoms in total. The fourth-order valence-corrected chi connectivity index (χ4v) is 5.20. The number of carbonyl (C=O) groups is 1. The number of ether oxygens (including phenoxy) is 1. The average Bonchev–Trinajstić information content (AvgIpc) is 2.59. The van der Waals surface area contributed by atoms with Gasteiger partial charge in [-0.3, -0.25) is 4.79 Å². The fraction of sp³-hybridized carbons (Fsp3) is 0.619. The van der Waals surface area contributed by atoms with E-state index >= 15 is 0 Å². The lowest BCUT2D eigenvalue weighted by molar-refractivity contribution is -0.133. The lowest BCUT2D eigenvalue weighted by Gasteiger charge is -2.51. The summed E-state index contributed by atoms with van der Waals surface area (Å²) in [7, 11) is 1.71. The topological polar surface area (TPSA) is 50.1 Å². The second-order valence-corrected chi connectivity index (χ2v) is 7.69. The predicted molar refractivity (Wildman–Crippen MR) is 93.9 cm³/mol. The van der Waals surface area contributed by atoms with E-state index in [9.17, 15) is 4.79 Å². The number of nitrogens with zero attached hydrogens (tertiary/aromatic N) is 1. The van der Waals surface area contributed by atoms with Gasteiger partial charge in [-0.05, 0) is 80.0 Å². The summed E-state index contributed by atoms with van der Waals surface area (Å²) in [5, 5.41) is 9.07. The number of aryl methyl sites for hydroxylation is 1. The summed E-state index contributed by atoms with van der Waals surface area (Å²) in [5.74, 6) is 2.59. The molecule has 0 bridgehead atoms. The van der Waals surface area contributed by atoms with Crippen LogP contribution in [-0.2, 0) is 11.2 Å². The monoisotopic (exact) mass is 325 g/mol. The van der Waals surface area contributed by atoms with Gasteiger partial charge in [-0.15, -0.1) is 0 Å². The molecule has 1 aromatic rings. The fourth-order valence-electron chi connectivity index (χ4n) is 5.20. The van der Waals surface area contributed by atoms with E-state index in [0.717, 1.165) is 37.9 Å². The number of hydrogen-bond acceptors (Lipinski definition) is 3. The number of Topliss-reactive ketones (excluding diaryl/α,β-unsaturated/α-hetero) is 1. The highest BCUT2D eigenvalue weighted by molar-refractivity contribution is 5.82. The second kappa shape index (κ2) is 6.59. The third kappa shape index (κ3) is 2.73. The van der Waals surface area contributed by atoms with Crippen LogP contribution in [0.25, 0.3) is 0 Å². The lowest BCUT2D eigenvalue weighted by atomic mass is 9.52. The Bertz CT molecular complexity index is 675. The normalized spacial score (nSPS) is 31.5. The van der Waals surface area contributed by atoms with Crippen molar-refractivity contribution in [3.63, 3.8) is 0 Å². The molecule has 0 amide bonds. The zero-order chi connectivity index (χ0) is 17.3. The van der Waals surface area contributed by atoms with Crippen LogP contribution in [-0.4, -0.2) is 12.9 Å². The molecular weight excluding hydrogens is 298 g/mol. The molecule has 128 valence electrons. The largest absolute Gasteiger partial charge is 0.497 e. The van der Waals surface area contributed by atoms with Crippen molar-refractivity contribution >= 4 is 5.78 Å². The van der Waals surface area contributed by atoms with Gasteiger partial charge in [-0.25, -0.2) is 0 Å². The number of rotatable bonds is 4. The van der Waals surface area contributed by atoms with Crippen molar-refractivity contribution in [2.24, 2.45) is 17.3 Å². The Hall–Kier alpha value is -1.82. The second-order valence-electron chi connectivity index (χ2n) is 7.69. The van der Waals surface area contributed by atoms with Crippen LogP contribution in [0.1, 0.15) is 63.0 Å². The predicted octanol–water partition coefficient (Wildman–Crippen LogP) is 4.65. The van der Waals surface area contributed by atoms with Crippen LogP contribution in [0.3, 0.4) is 0 Å². The molecule has 0 radical (unpaired) electrons. The molecular formula is C21H27NO2. The first-order valence-electron chi connectivity index (χ1n) is 9.06. The van der Waals surface area contributed by atoms with Crippen molar-refractivity contribution in [2.75, 3.05) is 7.11 Å². The Morgan fingerprint density at radius 3 is 2.88 bits per heavy atom. The Labute approximate surface area is 145 Å². The van der Waals surface area contributed by atoms with Gasteiger partial charge in [-0.1, -0.05) is 13.0 Å². The van der Waals surface area contributed by atoms with E-state index in [1.807, 2.05) is 0 Å². The van der Waals surface area contributed by atoms with Crippen LogP contribution < -0.4 is 4.74 Å². The molecule has 1 aromatic carbocycles. The van der Waals surface area contributed by atoms with E-state index in [4.69, 9.17) is 10.00 Å². The minimum Gasteiger partial charge on any atom is -0.497 e. The number of carbonyl (C=O) groups excluding carboxylic acids is 1. The molecule has 0 aliphatic heterocycles. The van der Waals surface area contributed by atoms with Crippen molar-refractivity contribution in [3.05, 3.63) is 29.3 Å². The van der Waals surface area contributed by atoms with Crippen molar-refractivity contribution in [1.82, 2.24) is 0 Å². The molecule has 3 heteroatoms. The number of hydrogen-bond donors (Lipinski definition) is 0. The highest BCUT2D eigenvalue weighted by Crippen LogP contribution is 2.56. The van der Waals surface area contributed by atoms with Crippen molar-refractivity contribution in [1.29, 1.82) is 5.26 Å². The van der Waals surface area contributed by atoms with Crippen LogP contribution in [0.2, 0.25) is 0 Å². The highest BCUT2D eigenvalue weighted by atomic mass is 16.5. The number of benzene rings is 1. The minimum absolute atomic E-state index is 0.262. The van der Waals surface area contributed by atoms with E-state index in [0.29, 0.717) is 30.0 Å². The molecule has 0 heterocycles. The molecule has 2 aliphatic carbocycles. The Kier molecular flexibility index (Phi) is 4.67.